The van der Waals surface area contributed by atoms with Crippen LogP contribution in [-0.4, -0.2) is 12.3 Å². The molecule has 0 aliphatic heterocycles. The van der Waals surface area contributed by atoms with Crippen molar-refractivity contribution in [3.05, 3.63) is 34.9 Å². The third-order valence-electron chi connectivity index (χ3n) is 3.16. The molecule has 0 aliphatic carbocycles. The van der Waals surface area contributed by atoms with Crippen LogP contribution in [0.1, 0.15) is 38.7 Å². The van der Waals surface area contributed by atoms with Crippen molar-refractivity contribution < 1.29 is 0 Å². The minimum absolute atomic E-state index is 0.299. The van der Waals surface area contributed by atoms with Crippen LogP contribution in [0.25, 0.3) is 0 Å². The summed E-state index contributed by atoms with van der Waals surface area (Å²) in [5.74, 6) is 2.21. The molecule has 0 saturated heterocycles. The van der Waals surface area contributed by atoms with Crippen molar-refractivity contribution in [1.29, 1.82) is 0 Å². The zero-order valence-corrected chi connectivity index (χ0v) is 13.0. The number of rotatable bonds is 8. The molecule has 2 N–H and O–H groups in total. The Morgan fingerprint density at radius 1 is 1.22 bits per heavy atom. The van der Waals surface area contributed by atoms with Gasteiger partial charge in [-0.15, -0.1) is 0 Å². The lowest BCUT2D eigenvalue weighted by atomic mass is 9.88. The van der Waals surface area contributed by atoms with Gasteiger partial charge in [0.25, 0.3) is 0 Å². The fraction of sp³-hybridized carbons (Fsp3) is 0.600. The summed E-state index contributed by atoms with van der Waals surface area (Å²) in [7, 11) is 0. The molecule has 0 saturated carbocycles. The van der Waals surface area contributed by atoms with Gasteiger partial charge in [-0.2, -0.15) is 11.8 Å². The maximum absolute atomic E-state index is 6.12. The molecule has 0 spiro atoms. The van der Waals surface area contributed by atoms with Gasteiger partial charge in [-0.1, -0.05) is 50.1 Å². The van der Waals surface area contributed by atoms with Gasteiger partial charge in [0.2, 0.25) is 0 Å². The number of benzene rings is 1. The Kier molecular flexibility index (Phi) is 7.13. The summed E-state index contributed by atoms with van der Waals surface area (Å²) in [6.45, 7) is 5.26. The number of thioether (sulfide) groups is 1. The smallest absolute Gasteiger partial charge is 0.0446 e. The summed E-state index contributed by atoms with van der Waals surface area (Å²) in [6.07, 6.45) is 3.74. The normalized spacial score (nSPS) is 11.8. The minimum Gasteiger partial charge on any atom is -0.330 e. The zero-order valence-electron chi connectivity index (χ0n) is 11.4. The summed E-state index contributed by atoms with van der Waals surface area (Å²) < 4.78 is 0. The average Bonchev–Trinajstić information content (AvgIpc) is 2.35. The van der Waals surface area contributed by atoms with E-state index in [-0.39, 0.29) is 0 Å². The van der Waals surface area contributed by atoms with E-state index >= 15 is 0 Å². The molecule has 1 rings (SSSR count). The monoisotopic (exact) mass is 285 g/mol. The Hall–Kier alpha value is -0.180. The van der Waals surface area contributed by atoms with Crippen LogP contribution < -0.4 is 5.73 Å². The molecule has 0 heterocycles. The molecule has 0 aliphatic rings. The van der Waals surface area contributed by atoms with Crippen LogP contribution in [0, 0.1) is 5.41 Å². The summed E-state index contributed by atoms with van der Waals surface area (Å²) in [5.41, 5.74) is 7.26. The fourth-order valence-electron chi connectivity index (χ4n) is 1.71. The molecular weight excluding hydrogens is 262 g/mol. The predicted molar refractivity (Wildman–Crippen MR) is 84.3 cm³/mol. The van der Waals surface area contributed by atoms with Gasteiger partial charge in [-0.25, -0.2) is 0 Å². The van der Waals surface area contributed by atoms with Crippen molar-refractivity contribution in [3.8, 4) is 0 Å². The molecule has 1 nitrogen and oxygen atoms in total. The molecular formula is C15H24ClNS. The summed E-state index contributed by atoms with van der Waals surface area (Å²) in [4.78, 5) is 0. The van der Waals surface area contributed by atoms with Gasteiger partial charge in [0.05, 0.1) is 0 Å². The van der Waals surface area contributed by atoms with Crippen LogP contribution in [0.4, 0.5) is 0 Å². The van der Waals surface area contributed by atoms with E-state index in [0.29, 0.717) is 5.41 Å². The molecule has 0 fully saturated rings. The van der Waals surface area contributed by atoms with E-state index in [1.54, 1.807) is 0 Å². The Bertz CT molecular complexity index is 352. The van der Waals surface area contributed by atoms with Crippen molar-refractivity contribution in [3.63, 3.8) is 0 Å². The second kappa shape index (κ2) is 8.08. The van der Waals surface area contributed by atoms with E-state index in [2.05, 4.69) is 19.9 Å². The second-order valence-corrected chi connectivity index (χ2v) is 6.98. The Labute approximate surface area is 120 Å². The highest BCUT2D eigenvalue weighted by atomic mass is 35.5. The molecule has 0 radical (unpaired) electrons. The SMILES string of the molecule is CC(C)(CN)CCCCSCc1ccccc1Cl. The van der Waals surface area contributed by atoms with Gasteiger partial charge in [-0.3, -0.25) is 0 Å². The molecule has 0 amide bonds. The molecule has 3 heteroatoms. The number of unbranched alkanes of at least 4 members (excludes halogenated alkanes) is 1. The van der Waals surface area contributed by atoms with Gasteiger partial charge in [0.15, 0.2) is 0 Å². The first-order valence-corrected chi connectivity index (χ1v) is 8.10. The van der Waals surface area contributed by atoms with Crippen molar-refractivity contribution in [1.82, 2.24) is 0 Å². The van der Waals surface area contributed by atoms with E-state index in [0.717, 1.165) is 17.3 Å². The van der Waals surface area contributed by atoms with Crippen LogP contribution in [0.15, 0.2) is 24.3 Å². The largest absolute Gasteiger partial charge is 0.330 e. The second-order valence-electron chi connectivity index (χ2n) is 5.47. The summed E-state index contributed by atoms with van der Waals surface area (Å²) in [6, 6.07) is 8.09. The van der Waals surface area contributed by atoms with Crippen LogP contribution in [0.3, 0.4) is 0 Å². The number of hydrogen-bond acceptors (Lipinski definition) is 2. The number of hydrogen-bond donors (Lipinski definition) is 1. The van der Waals surface area contributed by atoms with Gasteiger partial charge >= 0.3 is 0 Å². The zero-order chi connectivity index (χ0) is 13.4. The molecule has 0 bridgehead atoms. The van der Waals surface area contributed by atoms with Gasteiger partial charge in [0, 0.05) is 10.8 Å². The van der Waals surface area contributed by atoms with Crippen molar-refractivity contribution >= 4 is 23.4 Å². The third-order valence-corrected chi connectivity index (χ3v) is 4.62. The van der Waals surface area contributed by atoms with E-state index in [9.17, 15) is 0 Å². The van der Waals surface area contributed by atoms with Crippen LogP contribution in [-0.2, 0) is 5.75 Å². The first-order chi connectivity index (χ1) is 8.55. The standard InChI is InChI=1S/C15H24ClNS/c1-15(2,12-17)9-5-6-10-18-11-13-7-3-4-8-14(13)16/h3-4,7-8H,5-6,9-12,17H2,1-2H3. The van der Waals surface area contributed by atoms with Gasteiger partial charge in [0.1, 0.15) is 0 Å². The Morgan fingerprint density at radius 3 is 2.61 bits per heavy atom. The van der Waals surface area contributed by atoms with Crippen molar-refractivity contribution in [2.75, 3.05) is 12.3 Å². The highest BCUT2D eigenvalue weighted by molar-refractivity contribution is 7.98. The quantitative estimate of drug-likeness (QED) is 0.699. The van der Waals surface area contributed by atoms with Crippen LogP contribution in [0.2, 0.25) is 5.02 Å². The van der Waals surface area contributed by atoms with Crippen LogP contribution >= 0.6 is 23.4 Å². The molecule has 1 aromatic rings. The molecule has 102 valence electrons. The topological polar surface area (TPSA) is 26.0 Å². The van der Waals surface area contributed by atoms with Crippen molar-refractivity contribution in [2.24, 2.45) is 11.1 Å². The minimum atomic E-state index is 0.299. The maximum atomic E-state index is 6.12. The lowest BCUT2D eigenvalue weighted by Crippen LogP contribution is -2.23. The first kappa shape index (κ1) is 15.9. The van der Waals surface area contributed by atoms with Gasteiger partial charge in [-0.05, 0) is 42.2 Å². The van der Waals surface area contributed by atoms with E-state index < -0.39 is 0 Å². The first-order valence-electron chi connectivity index (χ1n) is 6.56. The molecule has 1 aromatic carbocycles. The third kappa shape index (κ3) is 6.12. The molecule has 0 atom stereocenters. The van der Waals surface area contributed by atoms with E-state index in [4.69, 9.17) is 17.3 Å². The van der Waals surface area contributed by atoms with Crippen LogP contribution in [0.5, 0.6) is 0 Å². The maximum Gasteiger partial charge on any atom is 0.0446 e. The number of nitrogens with two attached hydrogens (primary N) is 1. The van der Waals surface area contributed by atoms with E-state index in [1.165, 1.54) is 30.6 Å². The van der Waals surface area contributed by atoms with Gasteiger partial charge < -0.3 is 5.73 Å². The highest BCUT2D eigenvalue weighted by Crippen LogP contribution is 2.24. The lowest BCUT2D eigenvalue weighted by molar-refractivity contribution is 0.336. The Morgan fingerprint density at radius 2 is 1.94 bits per heavy atom. The Balaban J connectivity index is 2.11. The summed E-state index contributed by atoms with van der Waals surface area (Å²) in [5, 5.41) is 0.884. The predicted octanol–water partition coefficient (Wildman–Crippen LogP) is 4.73. The lowest BCUT2D eigenvalue weighted by Gasteiger charge is -2.21. The fourth-order valence-corrected chi connectivity index (χ4v) is 3.01. The molecule has 0 aromatic heterocycles. The molecule has 18 heavy (non-hydrogen) atoms. The highest BCUT2D eigenvalue weighted by Gasteiger charge is 2.14. The van der Waals surface area contributed by atoms with Crippen molar-refractivity contribution in [2.45, 2.75) is 38.9 Å². The number of halogens is 1. The van der Waals surface area contributed by atoms with E-state index in [1.807, 2.05) is 30.0 Å². The molecule has 0 unspecified atom stereocenters. The average molecular weight is 286 g/mol. The summed E-state index contributed by atoms with van der Waals surface area (Å²) >= 11 is 8.08.